The second-order valence-corrected chi connectivity index (χ2v) is 8.08. The third kappa shape index (κ3) is 6.66. The van der Waals surface area contributed by atoms with Crippen molar-refractivity contribution in [1.29, 1.82) is 0 Å². The van der Waals surface area contributed by atoms with Crippen molar-refractivity contribution in [3.8, 4) is 5.75 Å². The minimum Gasteiger partial charge on any atom is -0.497 e. The number of ether oxygens (including phenoxy) is 1. The summed E-state index contributed by atoms with van der Waals surface area (Å²) in [5, 5.41) is 3.42. The molecule has 2 heterocycles. The molecule has 1 aliphatic heterocycles. The fourth-order valence-electron chi connectivity index (χ4n) is 3.95. The predicted octanol–water partition coefficient (Wildman–Crippen LogP) is 2.64. The molecule has 0 saturated carbocycles. The molecule has 1 aromatic carbocycles. The molecule has 1 aliphatic rings. The molecule has 7 heteroatoms. The molecule has 0 radical (unpaired) electrons. The fraction of sp³-hybridized carbons (Fsp3) is 0.542. The Hall–Kier alpha value is -2.67. The quantitative estimate of drug-likeness (QED) is 0.380. The fourth-order valence-corrected chi connectivity index (χ4v) is 3.95. The molecule has 0 bridgehead atoms. The summed E-state index contributed by atoms with van der Waals surface area (Å²) in [5.41, 5.74) is 2.56. The number of methoxy groups -OCH3 is 1. The summed E-state index contributed by atoms with van der Waals surface area (Å²) in [5.74, 6) is 1.89. The Bertz CT molecular complexity index is 808. The van der Waals surface area contributed by atoms with E-state index in [0.717, 1.165) is 70.5 Å². The first-order valence-corrected chi connectivity index (χ1v) is 11.3. The van der Waals surface area contributed by atoms with Crippen LogP contribution in [0.2, 0.25) is 0 Å². The largest absolute Gasteiger partial charge is 0.497 e. The van der Waals surface area contributed by atoms with Crippen LogP contribution in [0.25, 0.3) is 0 Å². The lowest BCUT2D eigenvalue weighted by Crippen LogP contribution is -2.46. The van der Waals surface area contributed by atoms with Crippen LogP contribution in [0.15, 0.2) is 47.6 Å². The van der Waals surface area contributed by atoms with E-state index in [0.29, 0.717) is 0 Å². The van der Waals surface area contributed by atoms with Crippen molar-refractivity contribution in [1.82, 2.24) is 19.7 Å². The summed E-state index contributed by atoms with van der Waals surface area (Å²) in [4.78, 5) is 12.1. The third-order valence-electron chi connectivity index (χ3n) is 5.85. The van der Waals surface area contributed by atoms with Crippen LogP contribution < -0.4 is 15.0 Å². The molecule has 3 rings (SSSR count). The molecule has 7 nitrogen and oxygen atoms in total. The number of hydrogen-bond donors (Lipinski definition) is 1. The number of guanidine groups is 1. The maximum atomic E-state index is 5.26. The topological polar surface area (TPSA) is 48.3 Å². The van der Waals surface area contributed by atoms with Crippen molar-refractivity contribution < 1.29 is 4.74 Å². The van der Waals surface area contributed by atoms with Crippen LogP contribution in [0.3, 0.4) is 0 Å². The van der Waals surface area contributed by atoms with Crippen molar-refractivity contribution in [3.63, 3.8) is 0 Å². The van der Waals surface area contributed by atoms with Gasteiger partial charge in [0.15, 0.2) is 5.96 Å². The first-order valence-electron chi connectivity index (χ1n) is 11.3. The zero-order valence-corrected chi connectivity index (χ0v) is 19.5. The molecule has 0 atom stereocenters. The lowest BCUT2D eigenvalue weighted by Gasteiger charge is -2.36. The van der Waals surface area contributed by atoms with E-state index < -0.39 is 0 Å². The minimum atomic E-state index is 0.846. The number of anilines is 1. The van der Waals surface area contributed by atoms with Crippen LogP contribution >= 0.6 is 0 Å². The highest BCUT2D eigenvalue weighted by Gasteiger charge is 2.17. The van der Waals surface area contributed by atoms with E-state index >= 15 is 0 Å². The van der Waals surface area contributed by atoms with Crippen molar-refractivity contribution in [2.45, 2.75) is 19.9 Å². The summed E-state index contributed by atoms with van der Waals surface area (Å²) in [7, 11) is 5.90. The minimum absolute atomic E-state index is 0.846. The summed E-state index contributed by atoms with van der Waals surface area (Å²) in [6, 6.07) is 12.6. The molecule has 0 unspecified atom stereocenters. The lowest BCUT2D eigenvalue weighted by atomic mass is 10.2. The number of nitrogens with one attached hydrogen (secondary N) is 1. The molecular weight excluding hydrogens is 388 g/mol. The summed E-state index contributed by atoms with van der Waals surface area (Å²) in [6.07, 6.45) is 3.16. The third-order valence-corrected chi connectivity index (χ3v) is 5.85. The van der Waals surface area contributed by atoms with Gasteiger partial charge >= 0.3 is 0 Å². The van der Waals surface area contributed by atoms with E-state index in [-0.39, 0.29) is 0 Å². The SMILES string of the molecule is CCNC(=NCCCN1CCN(c2ccc(OC)cc2)CC1)N(C)Cc1cccn1C. The molecule has 1 N–H and O–H groups in total. The molecular formula is C24H38N6O. The van der Waals surface area contributed by atoms with Crippen LogP contribution in [0, 0.1) is 0 Å². The van der Waals surface area contributed by atoms with Crippen molar-refractivity contribution >= 4 is 11.6 Å². The van der Waals surface area contributed by atoms with Crippen LogP contribution in [0.4, 0.5) is 5.69 Å². The maximum Gasteiger partial charge on any atom is 0.194 e. The van der Waals surface area contributed by atoms with Gasteiger partial charge in [0.1, 0.15) is 5.75 Å². The zero-order chi connectivity index (χ0) is 22.1. The first kappa shape index (κ1) is 23.0. The molecule has 1 fully saturated rings. The Morgan fingerprint density at radius 3 is 2.48 bits per heavy atom. The monoisotopic (exact) mass is 426 g/mol. The molecule has 31 heavy (non-hydrogen) atoms. The van der Waals surface area contributed by atoms with Gasteiger partial charge in [0, 0.05) is 77.5 Å². The van der Waals surface area contributed by atoms with E-state index in [1.165, 1.54) is 11.4 Å². The first-order chi connectivity index (χ1) is 15.1. The lowest BCUT2D eigenvalue weighted by molar-refractivity contribution is 0.256. The average molecular weight is 427 g/mol. The Labute approximate surface area is 187 Å². The number of aryl methyl sites for hydroxylation is 1. The van der Waals surface area contributed by atoms with Gasteiger partial charge in [0.2, 0.25) is 0 Å². The molecule has 0 spiro atoms. The molecule has 1 aromatic heterocycles. The highest BCUT2D eigenvalue weighted by molar-refractivity contribution is 5.79. The Morgan fingerprint density at radius 1 is 1.13 bits per heavy atom. The summed E-state index contributed by atoms with van der Waals surface area (Å²) in [6.45, 7) is 10.1. The zero-order valence-electron chi connectivity index (χ0n) is 19.5. The standard InChI is InChI=1S/C24H38N6O/c1-5-25-24(28(3)20-22-8-6-14-27(22)2)26-13-7-15-29-16-18-30(19-17-29)21-9-11-23(31-4)12-10-21/h6,8-12,14H,5,7,13,15-20H2,1-4H3,(H,25,26). The molecule has 0 aliphatic carbocycles. The summed E-state index contributed by atoms with van der Waals surface area (Å²) < 4.78 is 7.42. The smallest absolute Gasteiger partial charge is 0.194 e. The second kappa shape index (κ2) is 11.6. The van der Waals surface area contributed by atoms with Crippen molar-refractivity contribution in [2.75, 3.05) is 64.9 Å². The van der Waals surface area contributed by atoms with E-state index in [1.807, 2.05) is 12.1 Å². The Morgan fingerprint density at radius 2 is 1.87 bits per heavy atom. The van der Waals surface area contributed by atoms with Crippen LogP contribution in [-0.4, -0.2) is 80.3 Å². The van der Waals surface area contributed by atoms with Crippen LogP contribution in [0.5, 0.6) is 5.75 Å². The summed E-state index contributed by atoms with van der Waals surface area (Å²) >= 11 is 0. The van der Waals surface area contributed by atoms with E-state index in [4.69, 9.17) is 9.73 Å². The number of piperazine rings is 1. The molecule has 0 amide bonds. The van der Waals surface area contributed by atoms with E-state index in [2.05, 4.69) is 76.1 Å². The highest BCUT2D eigenvalue weighted by Crippen LogP contribution is 2.20. The Balaban J connectivity index is 1.41. The normalized spacial score (nSPS) is 15.2. The van der Waals surface area contributed by atoms with E-state index in [1.54, 1.807) is 7.11 Å². The Kier molecular flexibility index (Phi) is 8.64. The van der Waals surface area contributed by atoms with Crippen LogP contribution in [0.1, 0.15) is 19.0 Å². The highest BCUT2D eigenvalue weighted by atomic mass is 16.5. The van der Waals surface area contributed by atoms with Gasteiger partial charge in [-0.1, -0.05) is 0 Å². The number of aromatic nitrogens is 1. The van der Waals surface area contributed by atoms with Gasteiger partial charge in [-0.15, -0.1) is 0 Å². The predicted molar refractivity (Wildman–Crippen MR) is 129 cm³/mol. The molecule has 2 aromatic rings. The molecule has 170 valence electrons. The van der Waals surface area contributed by atoms with Gasteiger partial charge in [0.25, 0.3) is 0 Å². The van der Waals surface area contributed by atoms with Gasteiger partial charge in [-0.25, -0.2) is 0 Å². The van der Waals surface area contributed by atoms with Gasteiger partial charge in [0.05, 0.1) is 13.7 Å². The number of rotatable bonds is 9. The van der Waals surface area contributed by atoms with Gasteiger partial charge < -0.3 is 24.4 Å². The maximum absolute atomic E-state index is 5.26. The van der Waals surface area contributed by atoms with Gasteiger partial charge in [-0.2, -0.15) is 0 Å². The number of hydrogen-bond acceptors (Lipinski definition) is 4. The number of benzene rings is 1. The van der Waals surface area contributed by atoms with Crippen LogP contribution in [-0.2, 0) is 13.6 Å². The van der Waals surface area contributed by atoms with E-state index in [9.17, 15) is 0 Å². The average Bonchev–Trinajstić information content (AvgIpc) is 3.20. The van der Waals surface area contributed by atoms with Crippen molar-refractivity contribution in [2.24, 2.45) is 12.0 Å². The molecule has 1 saturated heterocycles. The van der Waals surface area contributed by atoms with Gasteiger partial charge in [-0.05, 0) is 49.7 Å². The van der Waals surface area contributed by atoms with Gasteiger partial charge in [-0.3, -0.25) is 9.89 Å². The van der Waals surface area contributed by atoms with Crippen molar-refractivity contribution in [3.05, 3.63) is 48.3 Å². The number of aliphatic imine (C=N–C) groups is 1. The second-order valence-electron chi connectivity index (χ2n) is 8.08. The number of nitrogens with zero attached hydrogens (tertiary/aromatic N) is 5.